The van der Waals surface area contributed by atoms with Gasteiger partial charge in [0, 0.05) is 11.2 Å². The maximum Gasteiger partial charge on any atom is 0.323 e. The number of carbonyl (C=O) groups excluding carboxylic acids is 2. The first-order valence-electron chi connectivity index (χ1n) is 10.0. The number of hydrogen-bond donors (Lipinski definition) is 3. The molecule has 4 aliphatic rings. The van der Waals surface area contributed by atoms with Crippen LogP contribution in [-0.4, -0.2) is 41.6 Å². The van der Waals surface area contributed by atoms with Crippen LogP contribution < -0.4 is 15.5 Å². The van der Waals surface area contributed by atoms with Crippen LogP contribution in [0.15, 0.2) is 30.3 Å². The van der Waals surface area contributed by atoms with Crippen molar-refractivity contribution in [3.05, 3.63) is 30.3 Å². The summed E-state index contributed by atoms with van der Waals surface area (Å²) in [4.78, 5) is 37.5. The Morgan fingerprint density at radius 2 is 1.54 bits per heavy atom. The second-order valence-corrected chi connectivity index (χ2v) is 8.79. The number of rotatable bonds is 6. The van der Waals surface area contributed by atoms with E-state index in [1.54, 1.807) is 24.3 Å². The Balaban J connectivity index is 1.35. The third kappa shape index (κ3) is 4.13. The summed E-state index contributed by atoms with van der Waals surface area (Å²) in [5, 5.41) is 14.6. The molecule has 1 aromatic carbocycles. The Kier molecular flexibility index (Phi) is 5.00. The fourth-order valence-corrected chi connectivity index (χ4v) is 5.92. The number of carbonyl (C=O) groups is 3. The molecule has 0 heterocycles. The third-order valence-electron chi connectivity index (χ3n) is 6.45. The fraction of sp³-hybridized carbons (Fsp3) is 0.571. The zero-order valence-electron chi connectivity index (χ0n) is 15.9. The summed E-state index contributed by atoms with van der Waals surface area (Å²) >= 11 is 0. The fourth-order valence-electron chi connectivity index (χ4n) is 5.92. The lowest BCUT2D eigenvalue weighted by Gasteiger charge is -2.56. The lowest BCUT2D eigenvalue weighted by Crippen LogP contribution is -2.62. The maximum atomic E-state index is 12.5. The summed E-state index contributed by atoms with van der Waals surface area (Å²) < 4.78 is 0. The van der Waals surface area contributed by atoms with Crippen molar-refractivity contribution in [2.24, 2.45) is 17.8 Å². The van der Waals surface area contributed by atoms with E-state index in [4.69, 9.17) is 5.11 Å². The zero-order valence-corrected chi connectivity index (χ0v) is 15.9. The molecule has 4 bridgehead atoms. The largest absolute Gasteiger partial charge is 0.480 e. The second-order valence-electron chi connectivity index (χ2n) is 8.79. The molecule has 3 N–H and O–H groups in total. The van der Waals surface area contributed by atoms with Gasteiger partial charge in [-0.3, -0.25) is 14.9 Å². The average molecular weight is 385 g/mol. The number of amides is 3. The SMILES string of the molecule is O=C(O)CN(CC(=O)NC(=O)NC12CC3CC(CC(C3)C1)C2)c1ccccc1. The molecule has 4 fully saturated rings. The first kappa shape index (κ1) is 18.8. The Morgan fingerprint density at radius 3 is 2.07 bits per heavy atom. The van der Waals surface area contributed by atoms with Crippen molar-refractivity contribution in [1.82, 2.24) is 10.6 Å². The standard InChI is InChI=1S/C21H27N3O4/c25-18(12-24(13-19(26)27)17-4-2-1-3-5-17)22-20(28)23-21-9-14-6-15(10-21)8-16(7-14)11-21/h1-5,14-16H,6-13H2,(H,26,27)(H2,22,23,25,28). The molecule has 4 saturated carbocycles. The molecule has 5 rings (SSSR count). The van der Waals surface area contributed by atoms with E-state index in [0.717, 1.165) is 19.3 Å². The molecule has 0 radical (unpaired) electrons. The molecule has 1 aromatic rings. The van der Waals surface area contributed by atoms with Crippen LogP contribution in [0, 0.1) is 17.8 Å². The van der Waals surface area contributed by atoms with Gasteiger partial charge < -0.3 is 15.3 Å². The van der Waals surface area contributed by atoms with Gasteiger partial charge in [0.2, 0.25) is 5.91 Å². The summed E-state index contributed by atoms with van der Waals surface area (Å²) in [6.07, 6.45) is 6.87. The van der Waals surface area contributed by atoms with Crippen LogP contribution in [0.1, 0.15) is 38.5 Å². The van der Waals surface area contributed by atoms with Crippen LogP contribution in [0.25, 0.3) is 0 Å². The highest BCUT2D eigenvalue weighted by atomic mass is 16.4. The Labute approximate surface area is 164 Å². The first-order chi connectivity index (χ1) is 13.4. The Morgan fingerprint density at radius 1 is 0.964 bits per heavy atom. The minimum atomic E-state index is -1.03. The summed E-state index contributed by atoms with van der Waals surface area (Å²) in [6.45, 7) is -0.501. The van der Waals surface area contributed by atoms with Gasteiger partial charge in [-0.15, -0.1) is 0 Å². The molecular formula is C21H27N3O4. The van der Waals surface area contributed by atoms with Crippen LogP contribution in [0.5, 0.6) is 0 Å². The molecule has 28 heavy (non-hydrogen) atoms. The topological polar surface area (TPSA) is 98.7 Å². The number of nitrogens with zero attached hydrogens (tertiary/aromatic N) is 1. The Bertz CT molecular complexity index is 729. The normalized spacial score (nSPS) is 29.9. The van der Waals surface area contributed by atoms with E-state index in [2.05, 4.69) is 10.6 Å². The van der Waals surface area contributed by atoms with Crippen molar-refractivity contribution in [2.75, 3.05) is 18.0 Å². The van der Waals surface area contributed by atoms with E-state index < -0.39 is 17.9 Å². The highest BCUT2D eigenvalue weighted by molar-refractivity contribution is 5.97. The quantitative estimate of drug-likeness (QED) is 0.698. The number of benzene rings is 1. The Hall–Kier alpha value is -2.57. The van der Waals surface area contributed by atoms with Crippen LogP contribution in [0.2, 0.25) is 0 Å². The molecule has 0 aromatic heterocycles. The van der Waals surface area contributed by atoms with E-state index >= 15 is 0 Å². The van der Waals surface area contributed by atoms with Crippen molar-refractivity contribution in [3.8, 4) is 0 Å². The molecule has 0 aliphatic heterocycles. The van der Waals surface area contributed by atoms with E-state index in [1.165, 1.54) is 24.2 Å². The zero-order chi connectivity index (χ0) is 19.7. The lowest BCUT2D eigenvalue weighted by atomic mass is 9.53. The lowest BCUT2D eigenvalue weighted by molar-refractivity contribution is -0.135. The van der Waals surface area contributed by atoms with Gasteiger partial charge in [0.05, 0.1) is 6.54 Å². The first-order valence-corrected chi connectivity index (χ1v) is 10.0. The predicted molar refractivity (Wildman–Crippen MR) is 104 cm³/mol. The number of carboxylic acids is 1. The second kappa shape index (κ2) is 7.45. The number of anilines is 1. The van der Waals surface area contributed by atoms with Gasteiger partial charge >= 0.3 is 12.0 Å². The van der Waals surface area contributed by atoms with Crippen molar-refractivity contribution in [2.45, 2.75) is 44.1 Å². The molecule has 150 valence electrons. The molecule has 0 saturated heterocycles. The smallest absolute Gasteiger partial charge is 0.323 e. The maximum absolute atomic E-state index is 12.5. The number of carboxylic acid groups (broad SMARTS) is 1. The molecule has 4 aliphatic carbocycles. The number of imide groups is 1. The van der Waals surface area contributed by atoms with Crippen molar-refractivity contribution < 1.29 is 19.5 Å². The monoisotopic (exact) mass is 385 g/mol. The molecule has 7 nitrogen and oxygen atoms in total. The van der Waals surface area contributed by atoms with Crippen molar-refractivity contribution >= 4 is 23.6 Å². The molecule has 7 heteroatoms. The average Bonchev–Trinajstić information content (AvgIpc) is 2.59. The van der Waals surface area contributed by atoms with Gasteiger partial charge in [0.15, 0.2) is 0 Å². The van der Waals surface area contributed by atoms with Gasteiger partial charge in [-0.1, -0.05) is 18.2 Å². The summed E-state index contributed by atoms with van der Waals surface area (Å²) in [5.41, 5.74) is 0.459. The molecule has 0 spiro atoms. The minimum Gasteiger partial charge on any atom is -0.480 e. The predicted octanol–water partition coefficient (Wildman–Crippen LogP) is 2.37. The highest BCUT2D eigenvalue weighted by Gasteiger charge is 2.51. The van der Waals surface area contributed by atoms with Gasteiger partial charge in [-0.05, 0) is 68.4 Å². The van der Waals surface area contributed by atoms with Crippen LogP contribution in [0.4, 0.5) is 10.5 Å². The number of urea groups is 1. The van der Waals surface area contributed by atoms with E-state index in [1.807, 2.05) is 6.07 Å². The molecule has 3 amide bonds. The number of hydrogen-bond acceptors (Lipinski definition) is 4. The molecular weight excluding hydrogens is 358 g/mol. The molecule has 0 atom stereocenters. The summed E-state index contributed by atoms with van der Waals surface area (Å²) in [6, 6.07) is 8.40. The van der Waals surface area contributed by atoms with Gasteiger partial charge in [-0.2, -0.15) is 0 Å². The number of nitrogens with one attached hydrogen (secondary N) is 2. The minimum absolute atomic E-state index is 0.167. The van der Waals surface area contributed by atoms with Crippen LogP contribution >= 0.6 is 0 Å². The molecule has 0 unspecified atom stereocenters. The van der Waals surface area contributed by atoms with E-state index in [0.29, 0.717) is 23.4 Å². The summed E-state index contributed by atoms with van der Waals surface area (Å²) in [7, 11) is 0. The van der Waals surface area contributed by atoms with E-state index in [9.17, 15) is 14.4 Å². The van der Waals surface area contributed by atoms with Gasteiger partial charge in [-0.25, -0.2) is 4.79 Å². The highest BCUT2D eigenvalue weighted by Crippen LogP contribution is 2.55. The van der Waals surface area contributed by atoms with Gasteiger partial charge in [0.1, 0.15) is 6.54 Å². The van der Waals surface area contributed by atoms with E-state index in [-0.39, 0.29) is 18.6 Å². The number of aliphatic carboxylic acids is 1. The third-order valence-corrected chi connectivity index (χ3v) is 6.45. The van der Waals surface area contributed by atoms with Crippen LogP contribution in [-0.2, 0) is 9.59 Å². The number of para-hydroxylation sites is 1. The van der Waals surface area contributed by atoms with Crippen molar-refractivity contribution in [3.63, 3.8) is 0 Å². The van der Waals surface area contributed by atoms with Crippen LogP contribution in [0.3, 0.4) is 0 Å². The van der Waals surface area contributed by atoms with Gasteiger partial charge in [0.25, 0.3) is 0 Å². The summed E-state index contributed by atoms with van der Waals surface area (Å²) in [5.74, 6) is 0.561. The van der Waals surface area contributed by atoms with Crippen molar-refractivity contribution in [1.29, 1.82) is 0 Å².